The molecule has 9 heteroatoms. The molecule has 3 nitrogen and oxygen atoms in total. The van der Waals surface area contributed by atoms with Gasteiger partial charge in [-0.3, -0.25) is 4.79 Å². The molecule has 0 atom stereocenters. The quantitative estimate of drug-likeness (QED) is 0.513. The third kappa shape index (κ3) is 4.12. The lowest BCUT2D eigenvalue weighted by Crippen LogP contribution is -2.13. The highest BCUT2D eigenvalue weighted by Crippen LogP contribution is 2.33. The van der Waals surface area contributed by atoms with Gasteiger partial charge in [0.15, 0.2) is 0 Å². The van der Waals surface area contributed by atoms with Crippen molar-refractivity contribution in [2.45, 2.75) is 13.3 Å². The number of hydrogen-bond donors (Lipinski definition) is 1. The van der Waals surface area contributed by atoms with E-state index in [9.17, 15) is 22.4 Å². The van der Waals surface area contributed by atoms with Crippen LogP contribution in [0.3, 0.4) is 0 Å². The monoisotopic (exact) mass is 414 g/mol. The molecule has 0 aliphatic heterocycles. The van der Waals surface area contributed by atoms with E-state index in [-0.39, 0.29) is 26.7 Å². The second-order valence-electron chi connectivity index (χ2n) is 5.52. The molecule has 0 saturated carbocycles. The van der Waals surface area contributed by atoms with E-state index in [4.69, 9.17) is 11.6 Å². The molecule has 27 heavy (non-hydrogen) atoms. The molecule has 0 saturated heterocycles. The van der Waals surface area contributed by atoms with Gasteiger partial charge in [-0.2, -0.15) is 0 Å². The van der Waals surface area contributed by atoms with Gasteiger partial charge < -0.3 is 5.32 Å². The molecule has 1 N–H and O–H groups in total. The zero-order valence-electron chi connectivity index (χ0n) is 13.7. The second kappa shape index (κ2) is 7.66. The van der Waals surface area contributed by atoms with Gasteiger partial charge in [-0.15, -0.1) is 11.3 Å². The van der Waals surface area contributed by atoms with E-state index in [1.165, 1.54) is 25.1 Å². The SMILES string of the molecule is Cc1nc(C(F)F)c(C(=O)Nc2ccc(F)cc2-c2ccc(Cl)c(F)c2)s1. The zero-order chi connectivity index (χ0) is 19.7. The number of anilines is 1. The maximum atomic E-state index is 13.8. The first-order chi connectivity index (χ1) is 12.8. The number of thiazole rings is 1. The van der Waals surface area contributed by atoms with Crippen molar-refractivity contribution in [1.82, 2.24) is 4.98 Å². The molecular weight excluding hydrogens is 404 g/mol. The lowest BCUT2D eigenvalue weighted by atomic mass is 10.0. The van der Waals surface area contributed by atoms with E-state index in [1.807, 2.05) is 0 Å². The van der Waals surface area contributed by atoms with Crippen molar-refractivity contribution in [3.63, 3.8) is 0 Å². The lowest BCUT2D eigenvalue weighted by molar-refractivity contribution is 0.101. The summed E-state index contributed by atoms with van der Waals surface area (Å²) in [6, 6.07) is 7.31. The largest absolute Gasteiger partial charge is 0.321 e. The Balaban J connectivity index is 2.01. The van der Waals surface area contributed by atoms with Gasteiger partial charge in [-0.1, -0.05) is 17.7 Å². The number of amides is 1. The number of benzene rings is 2. The van der Waals surface area contributed by atoms with Crippen molar-refractivity contribution in [1.29, 1.82) is 0 Å². The average Bonchev–Trinajstić information content (AvgIpc) is 3.01. The first-order valence-corrected chi connectivity index (χ1v) is 8.77. The van der Waals surface area contributed by atoms with Crippen molar-refractivity contribution < 1.29 is 22.4 Å². The van der Waals surface area contributed by atoms with Crippen LogP contribution in [-0.4, -0.2) is 10.9 Å². The number of aromatic nitrogens is 1. The van der Waals surface area contributed by atoms with E-state index in [2.05, 4.69) is 10.3 Å². The van der Waals surface area contributed by atoms with Crippen LogP contribution in [0.15, 0.2) is 36.4 Å². The maximum Gasteiger partial charge on any atom is 0.282 e. The van der Waals surface area contributed by atoms with Crippen LogP contribution in [0.2, 0.25) is 5.02 Å². The minimum absolute atomic E-state index is 0.109. The summed E-state index contributed by atoms with van der Waals surface area (Å²) in [5, 5.41) is 2.68. The molecule has 3 aromatic rings. The maximum absolute atomic E-state index is 13.8. The van der Waals surface area contributed by atoms with Gasteiger partial charge >= 0.3 is 0 Å². The number of halogens is 5. The van der Waals surface area contributed by atoms with Crippen LogP contribution in [-0.2, 0) is 0 Å². The van der Waals surface area contributed by atoms with Crippen LogP contribution in [0.25, 0.3) is 11.1 Å². The summed E-state index contributed by atoms with van der Waals surface area (Å²) in [4.78, 5) is 15.9. The molecule has 1 aromatic heterocycles. The number of carbonyl (C=O) groups excluding carboxylic acids is 1. The first-order valence-electron chi connectivity index (χ1n) is 7.58. The molecule has 0 radical (unpaired) electrons. The number of alkyl halides is 2. The minimum atomic E-state index is -2.91. The second-order valence-corrected chi connectivity index (χ2v) is 7.13. The molecule has 1 heterocycles. The summed E-state index contributed by atoms with van der Waals surface area (Å²) in [5.41, 5.74) is -0.0365. The van der Waals surface area contributed by atoms with Gasteiger partial charge in [0.05, 0.1) is 10.0 Å². The van der Waals surface area contributed by atoms with E-state index >= 15 is 0 Å². The van der Waals surface area contributed by atoms with Crippen LogP contribution >= 0.6 is 22.9 Å². The number of aryl methyl sites for hydroxylation is 1. The van der Waals surface area contributed by atoms with Crippen molar-refractivity contribution in [2.75, 3.05) is 5.32 Å². The zero-order valence-corrected chi connectivity index (χ0v) is 15.3. The van der Waals surface area contributed by atoms with Gasteiger partial charge in [0.1, 0.15) is 22.2 Å². The fourth-order valence-corrected chi connectivity index (χ4v) is 3.40. The molecule has 0 bridgehead atoms. The summed E-state index contributed by atoms with van der Waals surface area (Å²) in [6.45, 7) is 1.51. The standard InChI is InChI=1S/C18H11ClF4N2OS/c1-8-24-15(17(22)23)16(27-8)18(26)25-14-5-3-10(20)7-11(14)9-2-4-12(19)13(21)6-9/h2-7,17H,1H3,(H,25,26). The van der Waals surface area contributed by atoms with Crippen molar-refractivity contribution >= 4 is 34.5 Å². The summed E-state index contributed by atoms with van der Waals surface area (Å²) < 4.78 is 53.6. The molecule has 1 amide bonds. The Hall–Kier alpha value is -2.45. The molecule has 0 aliphatic rings. The van der Waals surface area contributed by atoms with Gasteiger partial charge in [0, 0.05) is 11.3 Å². The predicted molar refractivity (Wildman–Crippen MR) is 96.6 cm³/mol. The average molecular weight is 415 g/mol. The normalized spacial score (nSPS) is 11.1. The summed E-state index contributed by atoms with van der Waals surface area (Å²) in [6.07, 6.45) is -2.91. The van der Waals surface area contributed by atoms with Crippen molar-refractivity contribution in [3.8, 4) is 11.1 Å². The third-order valence-corrected chi connectivity index (χ3v) is 4.93. The molecule has 0 fully saturated rings. The summed E-state index contributed by atoms with van der Waals surface area (Å²) >= 11 is 6.48. The third-order valence-electron chi connectivity index (χ3n) is 3.63. The van der Waals surface area contributed by atoms with Crippen LogP contribution in [0.1, 0.15) is 26.8 Å². The highest BCUT2D eigenvalue weighted by atomic mass is 35.5. The van der Waals surface area contributed by atoms with Gasteiger partial charge in [-0.05, 0) is 42.8 Å². The van der Waals surface area contributed by atoms with Crippen molar-refractivity contribution in [2.24, 2.45) is 0 Å². The Bertz CT molecular complexity index is 1020. The Morgan fingerprint density at radius 3 is 2.59 bits per heavy atom. The highest BCUT2D eigenvalue weighted by Gasteiger charge is 2.24. The number of nitrogens with zero attached hydrogens (tertiary/aromatic N) is 1. The fraction of sp³-hybridized carbons (Fsp3) is 0.111. The van der Waals surface area contributed by atoms with E-state index in [0.29, 0.717) is 5.01 Å². The first kappa shape index (κ1) is 19.3. The number of rotatable bonds is 4. The summed E-state index contributed by atoms with van der Waals surface area (Å²) in [5.74, 6) is -2.13. The molecular formula is C18H11ClF4N2OS. The van der Waals surface area contributed by atoms with Crippen LogP contribution in [0.5, 0.6) is 0 Å². The molecule has 0 spiro atoms. The topological polar surface area (TPSA) is 42.0 Å². The Labute approximate surface area is 160 Å². The Morgan fingerprint density at radius 2 is 1.93 bits per heavy atom. The Morgan fingerprint density at radius 1 is 1.19 bits per heavy atom. The fourth-order valence-electron chi connectivity index (χ4n) is 2.46. The number of nitrogens with one attached hydrogen (secondary N) is 1. The van der Waals surface area contributed by atoms with Crippen LogP contribution in [0.4, 0.5) is 23.2 Å². The molecule has 2 aromatic carbocycles. The molecule has 0 unspecified atom stereocenters. The molecule has 140 valence electrons. The van der Waals surface area contributed by atoms with Crippen molar-refractivity contribution in [3.05, 3.63) is 68.6 Å². The van der Waals surface area contributed by atoms with E-state index in [1.54, 1.807) is 0 Å². The highest BCUT2D eigenvalue weighted by molar-refractivity contribution is 7.13. The van der Waals surface area contributed by atoms with Crippen LogP contribution in [0, 0.1) is 18.6 Å². The molecule has 3 rings (SSSR count). The number of carbonyl (C=O) groups is 1. The van der Waals surface area contributed by atoms with Gasteiger partial charge in [0.25, 0.3) is 12.3 Å². The summed E-state index contributed by atoms with van der Waals surface area (Å²) in [7, 11) is 0. The van der Waals surface area contributed by atoms with Gasteiger partial charge in [-0.25, -0.2) is 22.5 Å². The van der Waals surface area contributed by atoms with E-state index < -0.39 is 29.7 Å². The Kier molecular flexibility index (Phi) is 5.48. The number of hydrogen-bond acceptors (Lipinski definition) is 3. The van der Waals surface area contributed by atoms with E-state index in [0.717, 1.165) is 29.5 Å². The predicted octanol–water partition coefficient (Wildman–Crippen LogP) is 6.24. The van der Waals surface area contributed by atoms with Crippen LogP contribution < -0.4 is 5.32 Å². The van der Waals surface area contributed by atoms with Gasteiger partial charge in [0.2, 0.25) is 0 Å². The lowest BCUT2D eigenvalue weighted by Gasteiger charge is -2.12. The smallest absolute Gasteiger partial charge is 0.282 e. The molecule has 0 aliphatic carbocycles. The minimum Gasteiger partial charge on any atom is -0.321 e.